The number of hydrogen-bond acceptors (Lipinski definition) is 3. The number of piperidine rings is 1. The molecule has 2 saturated heterocycles. The van der Waals surface area contributed by atoms with Crippen LogP contribution in [0.15, 0.2) is 12.3 Å². The van der Waals surface area contributed by atoms with E-state index in [1.807, 2.05) is 0 Å². The maximum absolute atomic E-state index is 13.2. The number of carbonyl (C=O) groups is 2. The Morgan fingerprint density at radius 2 is 2.12 bits per heavy atom. The SMILES string of the molecule is Cn1cc(C#N)cc1C(=O)N1CCC2(CCCN(CC3CCC3)C2=O)C1. The Kier molecular flexibility index (Phi) is 4.26. The van der Waals surface area contributed by atoms with Crippen LogP contribution in [0.25, 0.3) is 0 Å². The molecule has 1 atom stereocenters. The van der Waals surface area contributed by atoms with Gasteiger partial charge in [0.15, 0.2) is 0 Å². The van der Waals surface area contributed by atoms with Crippen molar-refractivity contribution in [2.75, 3.05) is 26.2 Å². The summed E-state index contributed by atoms with van der Waals surface area (Å²) in [6, 6.07) is 3.72. The van der Waals surface area contributed by atoms with Gasteiger partial charge in [0.2, 0.25) is 5.91 Å². The second-order valence-corrected chi connectivity index (χ2v) is 8.25. The minimum atomic E-state index is -0.388. The van der Waals surface area contributed by atoms with E-state index in [4.69, 9.17) is 5.26 Å². The molecule has 1 spiro atoms. The molecule has 1 aromatic rings. The van der Waals surface area contributed by atoms with E-state index in [-0.39, 0.29) is 17.2 Å². The van der Waals surface area contributed by atoms with E-state index in [2.05, 4.69) is 11.0 Å². The largest absolute Gasteiger partial charge is 0.345 e. The fraction of sp³-hybridized carbons (Fsp3) is 0.650. The number of rotatable bonds is 3. The number of nitriles is 1. The zero-order valence-electron chi connectivity index (χ0n) is 15.4. The average molecular weight is 354 g/mol. The van der Waals surface area contributed by atoms with Gasteiger partial charge in [0, 0.05) is 39.4 Å². The van der Waals surface area contributed by atoms with Gasteiger partial charge in [-0.25, -0.2) is 0 Å². The van der Waals surface area contributed by atoms with Gasteiger partial charge in [-0.2, -0.15) is 5.26 Å². The maximum atomic E-state index is 13.2. The fourth-order valence-electron chi connectivity index (χ4n) is 4.74. The van der Waals surface area contributed by atoms with Crippen LogP contribution >= 0.6 is 0 Å². The summed E-state index contributed by atoms with van der Waals surface area (Å²) in [7, 11) is 1.78. The van der Waals surface area contributed by atoms with Crippen LogP contribution in [0.2, 0.25) is 0 Å². The highest BCUT2D eigenvalue weighted by molar-refractivity contribution is 5.94. The highest BCUT2D eigenvalue weighted by Crippen LogP contribution is 2.41. The maximum Gasteiger partial charge on any atom is 0.270 e. The van der Waals surface area contributed by atoms with Crippen LogP contribution < -0.4 is 0 Å². The molecule has 1 aliphatic carbocycles. The fourth-order valence-corrected chi connectivity index (χ4v) is 4.74. The van der Waals surface area contributed by atoms with E-state index in [0.717, 1.165) is 32.4 Å². The lowest BCUT2D eigenvalue weighted by atomic mass is 9.77. The van der Waals surface area contributed by atoms with Crippen LogP contribution in [-0.4, -0.2) is 52.4 Å². The van der Waals surface area contributed by atoms with Crippen molar-refractivity contribution < 1.29 is 9.59 Å². The summed E-state index contributed by atoms with van der Waals surface area (Å²) >= 11 is 0. The molecule has 4 rings (SSSR count). The van der Waals surface area contributed by atoms with E-state index in [9.17, 15) is 9.59 Å². The van der Waals surface area contributed by atoms with Crippen LogP contribution in [0.1, 0.15) is 54.6 Å². The lowest BCUT2D eigenvalue weighted by Gasteiger charge is -2.42. The standard InChI is InChI=1S/C20H26N4O2/c1-22-12-16(11-21)10-17(22)18(25)24-9-7-20(14-24)6-3-8-23(19(20)26)13-15-4-2-5-15/h10,12,15H,2-9,13-14H2,1H3. The lowest BCUT2D eigenvalue weighted by molar-refractivity contribution is -0.146. The van der Waals surface area contributed by atoms with E-state index < -0.39 is 0 Å². The molecule has 1 saturated carbocycles. The third-order valence-electron chi connectivity index (χ3n) is 6.52. The number of carbonyl (C=O) groups excluding carboxylic acids is 2. The van der Waals surface area contributed by atoms with Crippen LogP contribution in [0, 0.1) is 22.7 Å². The van der Waals surface area contributed by atoms with Gasteiger partial charge >= 0.3 is 0 Å². The molecule has 138 valence electrons. The van der Waals surface area contributed by atoms with Crippen molar-refractivity contribution in [3.8, 4) is 6.07 Å². The molecular weight excluding hydrogens is 328 g/mol. The summed E-state index contributed by atoms with van der Waals surface area (Å²) in [5.41, 5.74) is 0.624. The van der Waals surface area contributed by atoms with Gasteiger partial charge in [-0.05, 0) is 44.1 Å². The van der Waals surface area contributed by atoms with Gasteiger partial charge in [-0.15, -0.1) is 0 Å². The normalized spacial score (nSPS) is 26.2. The third kappa shape index (κ3) is 2.80. The second kappa shape index (κ2) is 6.46. The number of amides is 2. The minimum Gasteiger partial charge on any atom is -0.345 e. The first-order chi connectivity index (χ1) is 12.5. The number of hydrogen-bond donors (Lipinski definition) is 0. The molecule has 26 heavy (non-hydrogen) atoms. The molecule has 0 radical (unpaired) electrons. The molecule has 2 aliphatic heterocycles. The van der Waals surface area contributed by atoms with Gasteiger partial charge < -0.3 is 14.4 Å². The molecule has 6 heteroatoms. The molecule has 0 aromatic carbocycles. The van der Waals surface area contributed by atoms with Crippen molar-refractivity contribution in [1.82, 2.24) is 14.4 Å². The van der Waals surface area contributed by atoms with Crippen molar-refractivity contribution in [2.24, 2.45) is 18.4 Å². The zero-order chi connectivity index (χ0) is 18.3. The van der Waals surface area contributed by atoms with Gasteiger partial charge in [0.25, 0.3) is 5.91 Å². The molecule has 6 nitrogen and oxygen atoms in total. The number of aryl methyl sites for hydroxylation is 1. The molecule has 3 fully saturated rings. The summed E-state index contributed by atoms with van der Waals surface area (Å²) in [5.74, 6) is 0.867. The van der Waals surface area contributed by atoms with Crippen LogP contribution in [0.5, 0.6) is 0 Å². The lowest BCUT2D eigenvalue weighted by Crippen LogP contribution is -2.52. The van der Waals surface area contributed by atoms with Gasteiger partial charge in [-0.3, -0.25) is 9.59 Å². The minimum absolute atomic E-state index is 0.0743. The van der Waals surface area contributed by atoms with Crippen molar-refractivity contribution >= 4 is 11.8 Å². The predicted octanol–water partition coefficient (Wildman–Crippen LogP) is 2.15. The Labute approximate surface area is 154 Å². The van der Waals surface area contributed by atoms with E-state index in [0.29, 0.717) is 30.3 Å². The molecule has 0 bridgehead atoms. The van der Waals surface area contributed by atoms with Gasteiger partial charge in [0.1, 0.15) is 11.8 Å². The monoisotopic (exact) mass is 354 g/mol. The number of likely N-dealkylation sites (tertiary alicyclic amines) is 2. The van der Waals surface area contributed by atoms with Crippen molar-refractivity contribution in [2.45, 2.75) is 38.5 Å². The summed E-state index contributed by atoms with van der Waals surface area (Å²) in [6.07, 6.45) is 8.13. The second-order valence-electron chi connectivity index (χ2n) is 8.25. The van der Waals surface area contributed by atoms with E-state index >= 15 is 0 Å². The Bertz CT molecular complexity index is 773. The van der Waals surface area contributed by atoms with E-state index in [1.165, 1.54) is 19.3 Å². The number of aromatic nitrogens is 1. The molecule has 0 N–H and O–H groups in total. The first kappa shape index (κ1) is 17.1. The Morgan fingerprint density at radius 1 is 1.31 bits per heavy atom. The summed E-state index contributed by atoms with van der Waals surface area (Å²) in [6.45, 7) is 2.90. The summed E-state index contributed by atoms with van der Waals surface area (Å²) < 4.78 is 1.71. The topological polar surface area (TPSA) is 69.3 Å². The summed E-state index contributed by atoms with van der Waals surface area (Å²) in [4.78, 5) is 30.0. The highest BCUT2D eigenvalue weighted by atomic mass is 16.2. The Morgan fingerprint density at radius 3 is 2.77 bits per heavy atom. The first-order valence-corrected chi connectivity index (χ1v) is 9.67. The molecule has 1 unspecified atom stereocenters. The van der Waals surface area contributed by atoms with Crippen LogP contribution in [0.4, 0.5) is 0 Å². The highest BCUT2D eigenvalue weighted by Gasteiger charge is 2.49. The van der Waals surface area contributed by atoms with Gasteiger partial charge in [0.05, 0.1) is 11.0 Å². The quantitative estimate of drug-likeness (QED) is 0.835. The van der Waals surface area contributed by atoms with Crippen LogP contribution in [0.3, 0.4) is 0 Å². The Hall–Kier alpha value is -2.29. The molecule has 3 aliphatic rings. The number of nitrogens with zero attached hydrogens (tertiary/aromatic N) is 4. The molecule has 1 aromatic heterocycles. The third-order valence-corrected chi connectivity index (χ3v) is 6.52. The van der Waals surface area contributed by atoms with Crippen molar-refractivity contribution in [3.63, 3.8) is 0 Å². The van der Waals surface area contributed by atoms with Crippen LogP contribution in [-0.2, 0) is 11.8 Å². The van der Waals surface area contributed by atoms with Crippen molar-refractivity contribution in [3.05, 3.63) is 23.5 Å². The van der Waals surface area contributed by atoms with E-state index in [1.54, 1.807) is 28.8 Å². The molecule has 3 heterocycles. The van der Waals surface area contributed by atoms with Crippen molar-refractivity contribution in [1.29, 1.82) is 5.26 Å². The average Bonchev–Trinajstić information content (AvgIpc) is 3.19. The predicted molar refractivity (Wildman–Crippen MR) is 96.2 cm³/mol. The summed E-state index contributed by atoms with van der Waals surface area (Å²) in [5, 5.41) is 9.04. The Balaban J connectivity index is 1.47. The van der Waals surface area contributed by atoms with Gasteiger partial charge in [-0.1, -0.05) is 6.42 Å². The molecule has 2 amide bonds. The first-order valence-electron chi connectivity index (χ1n) is 9.67. The molecular formula is C20H26N4O2. The smallest absolute Gasteiger partial charge is 0.270 e. The zero-order valence-corrected chi connectivity index (χ0v) is 15.4.